The molecule has 4 aromatic rings. The first-order valence-electron chi connectivity index (χ1n) is 9.25. The van der Waals surface area contributed by atoms with Crippen LogP contribution in [-0.2, 0) is 12.6 Å². The molecule has 0 amide bonds. The fraction of sp³-hybridized carbons (Fsp3) is 0.238. The van der Waals surface area contributed by atoms with E-state index in [1.165, 1.54) is 4.57 Å². The molecule has 4 rings (SSSR count). The number of imidazole rings is 1. The second-order valence-electron chi connectivity index (χ2n) is 7.13. The maximum absolute atomic E-state index is 13.1. The van der Waals surface area contributed by atoms with Crippen LogP contribution in [0.4, 0.5) is 13.2 Å². The number of benzene rings is 1. The van der Waals surface area contributed by atoms with Crippen LogP contribution in [0.15, 0.2) is 48.8 Å². The number of hydrogen-bond acceptors (Lipinski definition) is 4. The Labute approximate surface area is 175 Å². The molecule has 0 bridgehead atoms. The predicted octanol–water partition coefficient (Wildman–Crippen LogP) is 5.73. The summed E-state index contributed by atoms with van der Waals surface area (Å²) in [6.07, 6.45) is -1.32. The highest BCUT2D eigenvalue weighted by atomic mass is 35.5. The van der Waals surface area contributed by atoms with Crippen molar-refractivity contribution in [3.63, 3.8) is 0 Å². The van der Waals surface area contributed by atoms with Crippen LogP contribution < -0.4 is 0 Å². The van der Waals surface area contributed by atoms with Gasteiger partial charge < -0.3 is 4.57 Å². The van der Waals surface area contributed by atoms with Crippen LogP contribution in [0.5, 0.6) is 0 Å². The lowest BCUT2D eigenvalue weighted by Gasteiger charge is -2.12. The molecular formula is C21H17ClF3N5. The van der Waals surface area contributed by atoms with Crippen molar-refractivity contribution < 1.29 is 13.2 Å². The lowest BCUT2D eigenvalue weighted by Crippen LogP contribution is -2.05. The number of nitrogens with zero attached hydrogens (tertiary/aromatic N) is 5. The van der Waals surface area contributed by atoms with Crippen molar-refractivity contribution in [2.45, 2.75) is 32.5 Å². The summed E-state index contributed by atoms with van der Waals surface area (Å²) in [5.41, 5.74) is 2.62. The molecule has 154 valence electrons. The van der Waals surface area contributed by atoms with Crippen molar-refractivity contribution in [2.24, 2.45) is 0 Å². The summed E-state index contributed by atoms with van der Waals surface area (Å²) in [6, 6.07) is 10.6. The Morgan fingerprint density at radius 2 is 1.77 bits per heavy atom. The first kappa shape index (κ1) is 20.3. The lowest BCUT2D eigenvalue weighted by molar-refractivity contribution is -0.140. The summed E-state index contributed by atoms with van der Waals surface area (Å²) in [6.45, 7) is 3.63. The van der Waals surface area contributed by atoms with Gasteiger partial charge in [0, 0.05) is 30.4 Å². The number of aromatic nitrogens is 5. The Morgan fingerprint density at radius 3 is 2.43 bits per heavy atom. The van der Waals surface area contributed by atoms with E-state index in [-0.39, 0.29) is 17.1 Å². The van der Waals surface area contributed by atoms with Gasteiger partial charge in [0.15, 0.2) is 5.69 Å². The zero-order chi connectivity index (χ0) is 21.5. The number of halogens is 4. The van der Waals surface area contributed by atoms with Gasteiger partial charge in [0.05, 0.1) is 11.2 Å². The molecule has 0 atom stereocenters. The summed E-state index contributed by atoms with van der Waals surface area (Å²) in [7, 11) is 0. The van der Waals surface area contributed by atoms with Crippen molar-refractivity contribution in [1.29, 1.82) is 0 Å². The minimum absolute atomic E-state index is 0.140. The van der Waals surface area contributed by atoms with Crippen LogP contribution in [0.25, 0.3) is 22.4 Å². The molecule has 0 aliphatic carbocycles. The smallest absolute Gasteiger partial charge is 0.328 e. The molecule has 1 aromatic carbocycles. The Kier molecular flexibility index (Phi) is 5.19. The molecule has 3 aromatic heterocycles. The van der Waals surface area contributed by atoms with Gasteiger partial charge in [-0.2, -0.15) is 13.2 Å². The quantitative estimate of drug-likeness (QED) is 0.387. The highest BCUT2D eigenvalue weighted by Crippen LogP contribution is 2.32. The second kappa shape index (κ2) is 7.68. The van der Waals surface area contributed by atoms with Crippen LogP contribution in [0.3, 0.4) is 0 Å². The Balaban J connectivity index is 1.67. The maximum Gasteiger partial charge on any atom is 0.434 e. The molecule has 0 aliphatic rings. The van der Waals surface area contributed by atoms with Gasteiger partial charge in [0.25, 0.3) is 0 Å². The molecule has 0 saturated heterocycles. The van der Waals surface area contributed by atoms with Gasteiger partial charge >= 0.3 is 6.18 Å². The number of pyridine rings is 1. The van der Waals surface area contributed by atoms with Gasteiger partial charge in [-0.3, -0.25) is 4.98 Å². The molecule has 0 radical (unpaired) electrons. The number of hydrogen-bond donors (Lipinski definition) is 0. The highest BCUT2D eigenvalue weighted by molar-refractivity contribution is 6.28. The van der Waals surface area contributed by atoms with E-state index in [1.54, 1.807) is 24.4 Å². The molecule has 0 unspecified atom stereocenters. The Morgan fingerprint density at radius 1 is 1.03 bits per heavy atom. The largest absolute Gasteiger partial charge is 0.434 e. The minimum Gasteiger partial charge on any atom is -0.328 e. The highest BCUT2D eigenvalue weighted by Gasteiger charge is 2.35. The number of fused-ring (bicyclic) bond motifs is 1. The van der Waals surface area contributed by atoms with E-state index in [4.69, 9.17) is 11.6 Å². The van der Waals surface area contributed by atoms with Crippen molar-refractivity contribution in [1.82, 2.24) is 24.5 Å². The standard InChI is InChI=1S/C21H17ClF3N5/c1-12(2)30-11-17(21(23,24)25)29-19(30)14-7-5-13(6-8-14)10-16-18-15(4-3-9-26-18)27-20(22)28-16/h3-9,11-12H,10H2,1-2H3. The first-order valence-corrected chi connectivity index (χ1v) is 9.62. The third-order valence-corrected chi connectivity index (χ3v) is 4.83. The molecule has 0 spiro atoms. The van der Waals surface area contributed by atoms with Crippen molar-refractivity contribution in [3.8, 4) is 11.4 Å². The van der Waals surface area contributed by atoms with E-state index in [2.05, 4.69) is 19.9 Å². The zero-order valence-electron chi connectivity index (χ0n) is 16.2. The molecule has 9 heteroatoms. The first-order chi connectivity index (χ1) is 14.2. The van der Waals surface area contributed by atoms with Gasteiger partial charge in [-0.25, -0.2) is 15.0 Å². The summed E-state index contributed by atoms with van der Waals surface area (Å²) >= 11 is 6.03. The Bertz CT molecular complexity index is 1200. The van der Waals surface area contributed by atoms with Crippen LogP contribution >= 0.6 is 11.6 Å². The van der Waals surface area contributed by atoms with E-state index in [0.717, 1.165) is 11.8 Å². The zero-order valence-corrected chi connectivity index (χ0v) is 16.9. The van der Waals surface area contributed by atoms with E-state index >= 15 is 0 Å². The van der Waals surface area contributed by atoms with Gasteiger partial charge in [-0.05, 0) is 43.1 Å². The van der Waals surface area contributed by atoms with E-state index in [9.17, 15) is 13.2 Å². The lowest BCUT2D eigenvalue weighted by atomic mass is 10.1. The van der Waals surface area contributed by atoms with Gasteiger partial charge in [-0.15, -0.1) is 0 Å². The minimum atomic E-state index is -4.49. The molecule has 0 aliphatic heterocycles. The summed E-state index contributed by atoms with van der Waals surface area (Å²) in [5.74, 6) is 0.279. The summed E-state index contributed by atoms with van der Waals surface area (Å²) in [5, 5.41) is 0.140. The van der Waals surface area contributed by atoms with Gasteiger partial charge in [-0.1, -0.05) is 24.3 Å². The van der Waals surface area contributed by atoms with Gasteiger partial charge in [0.1, 0.15) is 11.3 Å². The Hall–Kier alpha value is -3.00. The third-order valence-electron chi connectivity index (χ3n) is 4.66. The SMILES string of the molecule is CC(C)n1cc(C(F)(F)F)nc1-c1ccc(Cc2nc(Cl)nc3cccnc23)cc1. The van der Waals surface area contributed by atoms with Crippen molar-refractivity contribution >= 4 is 22.6 Å². The van der Waals surface area contributed by atoms with E-state index in [1.807, 2.05) is 32.0 Å². The fourth-order valence-corrected chi connectivity index (χ4v) is 3.42. The predicted molar refractivity (Wildman–Crippen MR) is 108 cm³/mol. The van der Waals surface area contributed by atoms with Crippen molar-refractivity contribution in [3.05, 3.63) is 71.0 Å². The monoisotopic (exact) mass is 431 g/mol. The average Bonchev–Trinajstić information content (AvgIpc) is 3.15. The second-order valence-corrected chi connectivity index (χ2v) is 7.47. The molecular weight excluding hydrogens is 415 g/mol. The van der Waals surface area contributed by atoms with Crippen LogP contribution in [0, 0.1) is 0 Å². The van der Waals surface area contributed by atoms with Crippen LogP contribution in [0.2, 0.25) is 5.28 Å². The maximum atomic E-state index is 13.1. The molecule has 5 nitrogen and oxygen atoms in total. The summed E-state index contributed by atoms with van der Waals surface area (Å²) in [4.78, 5) is 16.6. The number of rotatable bonds is 4. The normalized spacial score (nSPS) is 12.1. The van der Waals surface area contributed by atoms with Crippen molar-refractivity contribution in [2.75, 3.05) is 0 Å². The molecule has 3 heterocycles. The van der Waals surface area contributed by atoms with Gasteiger partial charge in [0.2, 0.25) is 5.28 Å². The third kappa shape index (κ3) is 4.00. The topological polar surface area (TPSA) is 56.5 Å². The van der Waals surface area contributed by atoms with E-state index < -0.39 is 11.9 Å². The summed E-state index contributed by atoms with van der Waals surface area (Å²) < 4.78 is 40.9. The molecule has 0 N–H and O–H groups in total. The molecule has 30 heavy (non-hydrogen) atoms. The fourth-order valence-electron chi connectivity index (χ4n) is 3.22. The molecule has 0 saturated carbocycles. The molecule has 0 fully saturated rings. The average molecular weight is 432 g/mol. The number of alkyl halides is 3. The van der Waals surface area contributed by atoms with Crippen LogP contribution in [-0.4, -0.2) is 24.5 Å². The van der Waals surface area contributed by atoms with Crippen LogP contribution in [0.1, 0.15) is 36.8 Å². The van der Waals surface area contributed by atoms with E-state index in [0.29, 0.717) is 28.7 Å².